The van der Waals surface area contributed by atoms with E-state index in [2.05, 4.69) is 45.1 Å². The predicted octanol–water partition coefficient (Wildman–Crippen LogP) is 3.45. The van der Waals surface area contributed by atoms with Crippen molar-refractivity contribution < 1.29 is 4.42 Å². The molecule has 8 nitrogen and oxygen atoms in total. The third kappa shape index (κ3) is 2.19. The smallest absolute Gasteiger partial charge is 0.267 e. The van der Waals surface area contributed by atoms with Gasteiger partial charge in [0.1, 0.15) is 17.0 Å². The maximum absolute atomic E-state index is 5.27. The lowest BCUT2D eigenvalue weighted by atomic mass is 10.0. The summed E-state index contributed by atoms with van der Waals surface area (Å²) in [4.78, 5) is 16.8. The van der Waals surface area contributed by atoms with E-state index in [1.807, 2.05) is 28.9 Å². The first kappa shape index (κ1) is 14.8. The summed E-state index contributed by atoms with van der Waals surface area (Å²) < 4.78 is 7.23. The highest BCUT2D eigenvalue weighted by atomic mass is 16.4. The number of rotatable bonds is 3. The highest BCUT2D eigenvalue weighted by molar-refractivity contribution is 5.93. The number of nitrogens with zero attached hydrogens (tertiary/aromatic N) is 6. The van der Waals surface area contributed by atoms with Crippen LogP contribution in [0.5, 0.6) is 0 Å². The van der Waals surface area contributed by atoms with Crippen LogP contribution in [0.25, 0.3) is 39.5 Å². The molecule has 0 aliphatic heterocycles. The van der Waals surface area contributed by atoms with E-state index in [4.69, 9.17) is 9.40 Å². The number of imidazole rings is 2. The average Bonchev–Trinajstić information content (AvgIpc) is 3.41. The van der Waals surface area contributed by atoms with Gasteiger partial charge in [-0.3, -0.25) is 4.40 Å². The summed E-state index contributed by atoms with van der Waals surface area (Å²) in [5.41, 5.74) is 5.24. The van der Waals surface area contributed by atoms with Gasteiger partial charge in [0.2, 0.25) is 6.39 Å². The van der Waals surface area contributed by atoms with Gasteiger partial charge < -0.3 is 9.40 Å². The SMILES string of the molecule is CC(C)c1cc(-c2cnc[nH]2)c2ccc3nc(-c4nnco4)cn3c2n1. The number of aromatic amines is 1. The second-order valence-electron chi connectivity index (χ2n) is 6.38. The van der Waals surface area contributed by atoms with Crippen LogP contribution in [0.3, 0.4) is 0 Å². The van der Waals surface area contributed by atoms with Crippen molar-refractivity contribution in [3.05, 3.63) is 49.0 Å². The van der Waals surface area contributed by atoms with Crippen LogP contribution in [0.2, 0.25) is 0 Å². The molecule has 0 aliphatic rings. The molecular formula is C18H15N7O. The van der Waals surface area contributed by atoms with E-state index in [0.717, 1.165) is 33.6 Å². The molecule has 0 unspecified atom stereocenters. The maximum Gasteiger partial charge on any atom is 0.267 e. The summed E-state index contributed by atoms with van der Waals surface area (Å²) in [5, 5.41) is 8.68. The molecule has 0 bridgehead atoms. The zero-order valence-corrected chi connectivity index (χ0v) is 14.2. The molecule has 128 valence electrons. The average molecular weight is 345 g/mol. The quantitative estimate of drug-likeness (QED) is 0.538. The van der Waals surface area contributed by atoms with Crippen LogP contribution < -0.4 is 0 Å². The van der Waals surface area contributed by atoms with Crippen LogP contribution in [0.4, 0.5) is 0 Å². The summed E-state index contributed by atoms with van der Waals surface area (Å²) >= 11 is 0. The van der Waals surface area contributed by atoms with Crippen LogP contribution in [0.1, 0.15) is 25.5 Å². The monoisotopic (exact) mass is 345 g/mol. The number of H-pyrrole nitrogens is 1. The van der Waals surface area contributed by atoms with Gasteiger partial charge in [-0.05, 0) is 24.1 Å². The molecule has 5 aromatic heterocycles. The molecule has 5 aromatic rings. The van der Waals surface area contributed by atoms with Gasteiger partial charge in [-0.2, -0.15) is 0 Å². The lowest BCUT2D eigenvalue weighted by Crippen LogP contribution is -1.99. The molecule has 0 saturated heterocycles. The van der Waals surface area contributed by atoms with Crippen molar-refractivity contribution in [2.24, 2.45) is 0 Å². The summed E-state index contributed by atoms with van der Waals surface area (Å²) in [6.07, 6.45) is 6.67. The first-order valence-corrected chi connectivity index (χ1v) is 8.29. The second-order valence-corrected chi connectivity index (χ2v) is 6.38. The Hall–Kier alpha value is -3.55. The zero-order valence-electron chi connectivity index (χ0n) is 14.2. The van der Waals surface area contributed by atoms with Crippen molar-refractivity contribution in [1.82, 2.24) is 34.5 Å². The second kappa shape index (κ2) is 5.48. The van der Waals surface area contributed by atoms with E-state index in [-0.39, 0.29) is 5.92 Å². The van der Waals surface area contributed by atoms with Gasteiger partial charge in [-0.1, -0.05) is 13.8 Å². The van der Waals surface area contributed by atoms with Crippen molar-refractivity contribution >= 4 is 16.7 Å². The predicted molar refractivity (Wildman–Crippen MR) is 95.5 cm³/mol. The van der Waals surface area contributed by atoms with Gasteiger partial charge in [0.05, 0.1) is 18.2 Å². The van der Waals surface area contributed by atoms with Crippen molar-refractivity contribution in [3.63, 3.8) is 0 Å². The van der Waals surface area contributed by atoms with Crippen molar-refractivity contribution in [1.29, 1.82) is 0 Å². The summed E-state index contributed by atoms with van der Waals surface area (Å²) in [6.45, 7) is 4.26. The van der Waals surface area contributed by atoms with Gasteiger partial charge in [0.25, 0.3) is 5.89 Å². The minimum atomic E-state index is 0.287. The highest BCUT2D eigenvalue weighted by Gasteiger charge is 2.16. The number of pyridine rings is 2. The molecule has 0 atom stereocenters. The van der Waals surface area contributed by atoms with Crippen molar-refractivity contribution in [2.75, 3.05) is 0 Å². The van der Waals surface area contributed by atoms with Crippen LogP contribution in [0.15, 0.2) is 47.7 Å². The molecular weight excluding hydrogens is 330 g/mol. The van der Waals surface area contributed by atoms with Gasteiger partial charge in [0, 0.05) is 22.8 Å². The van der Waals surface area contributed by atoms with E-state index in [0.29, 0.717) is 11.6 Å². The van der Waals surface area contributed by atoms with E-state index in [1.165, 1.54) is 6.39 Å². The Morgan fingerprint density at radius 2 is 2.12 bits per heavy atom. The van der Waals surface area contributed by atoms with E-state index in [9.17, 15) is 0 Å². The van der Waals surface area contributed by atoms with E-state index in [1.54, 1.807) is 6.33 Å². The Labute approximate surface area is 148 Å². The standard InChI is InChI=1S/C18H15N7O/c1-10(2)13-5-12(14-6-19-8-20-14)11-3-4-16-22-15(18-24-21-9-26-18)7-25(16)17(11)23-13/h3-10H,1-2H3,(H,19,20). The molecule has 0 aliphatic carbocycles. The minimum absolute atomic E-state index is 0.287. The Bertz CT molecular complexity index is 1200. The Balaban J connectivity index is 1.85. The third-order valence-corrected chi connectivity index (χ3v) is 4.38. The first-order chi connectivity index (χ1) is 12.7. The Kier molecular flexibility index (Phi) is 3.11. The number of fused-ring (bicyclic) bond motifs is 3. The summed E-state index contributed by atoms with van der Waals surface area (Å²) in [6, 6.07) is 6.10. The number of nitrogens with one attached hydrogen (secondary N) is 1. The number of hydrogen-bond donors (Lipinski definition) is 1. The van der Waals surface area contributed by atoms with Crippen LogP contribution >= 0.6 is 0 Å². The first-order valence-electron chi connectivity index (χ1n) is 8.29. The molecule has 5 heterocycles. The Morgan fingerprint density at radius 1 is 1.19 bits per heavy atom. The van der Waals surface area contributed by atoms with Gasteiger partial charge in [0.15, 0.2) is 0 Å². The van der Waals surface area contributed by atoms with Crippen LogP contribution in [0, 0.1) is 0 Å². The lowest BCUT2D eigenvalue weighted by molar-refractivity contribution is 0.567. The minimum Gasteiger partial charge on any atom is -0.422 e. The van der Waals surface area contributed by atoms with E-state index < -0.39 is 0 Å². The summed E-state index contributed by atoms with van der Waals surface area (Å²) in [7, 11) is 0. The van der Waals surface area contributed by atoms with Crippen LogP contribution in [-0.2, 0) is 0 Å². The molecule has 26 heavy (non-hydrogen) atoms. The van der Waals surface area contributed by atoms with Gasteiger partial charge >= 0.3 is 0 Å². The largest absolute Gasteiger partial charge is 0.422 e. The normalized spacial score (nSPS) is 11.8. The molecule has 0 fully saturated rings. The topological polar surface area (TPSA) is 97.8 Å². The van der Waals surface area contributed by atoms with Gasteiger partial charge in [-0.15, -0.1) is 10.2 Å². The fourth-order valence-corrected chi connectivity index (χ4v) is 3.06. The van der Waals surface area contributed by atoms with Crippen LogP contribution in [-0.4, -0.2) is 34.5 Å². The number of aromatic nitrogens is 7. The zero-order chi connectivity index (χ0) is 17.7. The number of hydrogen-bond acceptors (Lipinski definition) is 6. The molecule has 0 aromatic carbocycles. The van der Waals surface area contributed by atoms with Crippen molar-refractivity contribution in [2.45, 2.75) is 19.8 Å². The fourth-order valence-electron chi connectivity index (χ4n) is 3.06. The Morgan fingerprint density at radius 3 is 2.85 bits per heavy atom. The fraction of sp³-hybridized carbons (Fsp3) is 0.167. The van der Waals surface area contributed by atoms with E-state index >= 15 is 0 Å². The van der Waals surface area contributed by atoms with Crippen molar-refractivity contribution in [3.8, 4) is 22.8 Å². The van der Waals surface area contributed by atoms with Gasteiger partial charge in [-0.25, -0.2) is 15.0 Å². The lowest BCUT2D eigenvalue weighted by Gasteiger charge is -2.11. The third-order valence-electron chi connectivity index (χ3n) is 4.38. The maximum atomic E-state index is 5.27. The molecule has 1 N–H and O–H groups in total. The molecule has 8 heteroatoms. The molecule has 0 spiro atoms. The summed E-state index contributed by atoms with van der Waals surface area (Å²) in [5.74, 6) is 0.672. The molecule has 0 saturated carbocycles. The molecule has 5 rings (SSSR count). The molecule has 0 radical (unpaired) electrons. The highest BCUT2D eigenvalue weighted by Crippen LogP contribution is 2.31. The molecule has 0 amide bonds.